The van der Waals surface area contributed by atoms with Crippen LogP contribution in [0, 0.1) is 6.92 Å². The van der Waals surface area contributed by atoms with Gasteiger partial charge in [0.15, 0.2) is 0 Å². The molecule has 0 spiro atoms. The van der Waals surface area contributed by atoms with E-state index in [1.54, 1.807) is 6.20 Å². The maximum atomic E-state index is 10.4. The highest BCUT2D eigenvalue weighted by Gasteiger charge is 2.37. The second-order valence-corrected chi connectivity index (χ2v) is 5.47. The third-order valence-electron chi connectivity index (χ3n) is 2.68. The van der Waals surface area contributed by atoms with Crippen molar-refractivity contribution < 1.29 is 5.11 Å². The number of rotatable bonds is 1. The molecule has 2 rings (SSSR count). The standard InChI is InChI=1S/C11H15NOS/c1-8-3-4-10(6-12-8)11(13)5-9(2)14-7-11/h3-4,6,9,13H,5,7H2,1-2H3. The lowest BCUT2D eigenvalue weighted by Crippen LogP contribution is -2.25. The van der Waals surface area contributed by atoms with Gasteiger partial charge in [-0.15, -0.1) is 0 Å². The molecule has 2 nitrogen and oxygen atoms in total. The van der Waals surface area contributed by atoms with Gasteiger partial charge in [-0.1, -0.05) is 13.0 Å². The third-order valence-corrected chi connectivity index (χ3v) is 4.06. The van der Waals surface area contributed by atoms with Crippen LogP contribution in [0.2, 0.25) is 0 Å². The fourth-order valence-electron chi connectivity index (χ4n) is 1.82. The maximum absolute atomic E-state index is 10.4. The normalized spacial score (nSPS) is 32.1. The van der Waals surface area contributed by atoms with Gasteiger partial charge in [0, 0.05) is 28.5 Å². The first-order chi connectivity index (χ1) is 6.60. The molecule has 0 radical (unpaired) electrons. The highest BCUT2D eigenvalue weighted by molar-refractivity contribution is 8.00. The largest absolute Gasteiger partial charge is 0.384 e. The minimum absolute atomic E-state index is 0.543. The second kappa shape index (κ2) is 3.55. The number of aromatic nitrogens is 1. The van der Waals surface area contributed by atoms with E-state index in [1.807, 2.05) is 30.8 Å². The Balaban J connectivity index is 2.26. The quantitative estimate of drug-likeness (QED) is 0.769. The van der Waals surface area contributed by atoms with Crippen LogP contribution < -0.4 is 0 Å². The molecule has 1 aromatic rings. The van der Waals surface area contributed by atoms with Crippen LogP contribution in [0.4, 0.5) is 0 Å². The van der Waals surface area contributed by atoms with Crippen molar-refractivity contribution in [2.75, 3.05) is 5.75 Å². The molecule has 1 aliphatic rings. The van der Waals surface area contributed by atoms with Crippen molar-refractivity contribution in [1.82, 2.24) is 4.98 Å². The molecule has 0 aliphatic carbocycles. The first-order valence-electron chi connectivity index (χ1n) is 4.87. The predicted molar refractivity (Wildman–Crippen MR) is 59.4 cm³/mol. The molecule has 0 aromatic carbocycles. The van der Waals surface area contributed by atoms with Gasteiger partial charge in [0.05, 0.1) is 0 Å². The number of hydrogen-bond donors (Lipinski definition) is 1. The molecule has 0 amide bonds. The first kappa shape index (κ1) is 9.99. The van der Waals surface area contributed by atoms with Crippen molar-refractivity contribution in [2.24, 2.45) is 0 Å². The maximum Gasteiger partial charge on any atom is 0.101 e. The molecule has 1 N–H and O–H groups in total. The summed E-state index contributed by atoms with van der Waals surface area (Å²) in [6, 6.07) is 3.95. The molecular weight excluding hydrogens is 194 g/mol. The second-order valence-electron chi connectivity index (χ2n) is 4.05. The number of thioether (sulfide) groups is 1. The fourth-order valence-corrected chi connectivity index (χ4v) is 3.06. The SMILES string of the molecule is Cc1ccc(C2(O)CSC(C)C2)cn1. The molecule has 2 atom stereocenters. The summed E-state index contributed by atoms with van der Waals surface area (Å²) in [7, 11) is 0. The van der Waals surface area contributed by atoms with Crippen molar-refractivity contribution >= 4 is 11.8 Å². The molecule has 3 heteroatoms. The summed E-state index contributed by atoms with van der Waals surface area (Å²) in [6.45, 7) is 4.12. The molecule has 76 valence electrons. The third kappa shape index (κ3) is 1.79. The molecule has 2 heterocycles. The lowest BCUT2D eigenvalue weighted by atomic mass is 9.93. The van der Waals surface area contributed by atoms with Crippen molar-refractivity contribution in [3.8, 4) is 0 Å². The lowest BCUT2D eigenvalue weighted by Gasteiger charge is -2.21. The van der Waals surface area contributed by atoms with E-state index in [0.29, 0.717) is 5.25 Å². The molecule has 1 saturated heterocycles. The average Bonchev–Trinajstić information content (AvgIpc) is 2.48. The highest BCUT2D eigenvalue weighted by atomic mass is 32.2. The van der Waals surface area contributed by atoms with Crippen molar-refractivity contribution in [3.05, 3.63) is 29.6 Å². The number of pyridine rings is 1. The molecule has 1 aromatic heterocycles. The Hall–Kier alpha value is -0.540. The van der Waals surface area contributed by atoms with E-state index in [2.05, 4.69) is 11.9 Å². The smallest absolute Gasteiger partial charge is 0.101 e. The van der Waals surface area contributed by atoms with Gasteiger partial charge in [0.1, 0.15) is 5.60 Å². The van der Waals surface area contributed by atoms with Crippen LogP contribution in [0.15, 0.2) is 18.3 Å². The van der Waals surface area contributed by atoms with Gasteiger partial charge in [0.25, 0.3) is 0 Å². The Bertz CT molecular complexity index is 325. The molecule has 2 unspecified atom stereocenters. The highest BCUT2D eigenvalue weighted by Crippen LogP contribution is 2.40. The van der Waals surface area contributed by atoms with Crippen LogP contribution in [0.1, 0.15) is 24.6 Å². The number of aryl methyl sites for hydroxylation is 1. The van der Waals surface area contributed by atoms with Crippen molar-refractivity contribution in [2.45, 2.75) is 31.1 Å². The Labute approximate surface area is 88.8 Å². The van der Waals surface area contributed by atoms with Crippen LogP contribution in [0.3, 0.4) is 0 Å². The zero-order chi connectivity index (χ0) is 10.2. The fraction of sp³-hybridized carbons (Fsp3) is 0.545. The van der Waals surface area contributed by atoms with Crippen molar-refractivity contribution in [3.63, 3.8) is 0 Å². The van der Waals surface area contributed by atoms with Gasteiger partial charge in [-0.05, 0) is 19.4 Å². The lowest BCUT2D eigenvalue weighted by molar-refractivity contribution is 0.0608. The van der Waals surface area contributed by atoms with E-state index in [9.17, 15) is 5.11 Å². The van der Waals surface area contributed by atoms with E-state index in [0.717, 1.165) is 23.4 Å². The summed E-state index contributed by atoms with van der Waals surface area (Å²) in [5.41, 5.74) is 1.31. The Kier molecular flexibility index (Phi) is 2.54. The molecule has 1 fully saturated rings. The summed E-state index contributed by atoms with van der Waals surface area (Å²) in [5, 5.41) is 10.9. The Morgan fingerprint density at radius 3 is 2.86 bits per heavy atom. The summed E-state index contributed by atoms with van der Waals surface area (Å²) in [5.74, 6) is 0.791. The minimum atomic E-state index is -0.648. The van der Waals surface area contributed by atoms with Crippen LogP contribution >= 0.6 is 11.8 Å². The topological polar surface area (TPSA) is 33.1 Å². The number of aliphatic hydroxyl groups is 1. The van der Waals surface area contributed by atoms with Gasteiger partial charge in [0.2, 0.25) is 0 Å². The van der Waals surface area contributed by atoms with Gasteiger partial charge in [-0.25, -0.2) is 0 Å². The summed E-state index contributed by atoms with van der Waals surface area (Å²) in [4.78, 5) is 4.22. The number of hydrogen-bond acceptors (Lipinski definition) is 3. The van der Waals surface area contributed by atoms with E-state index >= 15 is 0 Å². The van der Waals surface area contributed by atoms with E-state index in [4.69, 9.17) is 0 Å². The Morgan fingerprint density at radius 1 is 1.57 bits per heavy atom. The predicted octanol–water partition coefficient (Wildman–Crippen LogP) is 2.10. The molecule has 0 bridgehead atoms. The zero-order valence-corrected chi connectivity index (χ0v) is 9.34. The first-order valence-corrected chi connectivity index (χ1v) is 5.92. The molecule has 14 heavy (non-hydrogen) atoms. The molecule has 1 aliphatic heterocycles. The summed E-state index contributed by atoms with van der Waals surface area (Å²) in [6.07, 6.45) is 2.64. The molecular formula is C11H15NOS. The van der Waals surface area contributed by atoms with E-state index in [-0.39, 0.29) is 0 Å². The average molecular weight is 209 g/mol. The minimum Gasteiger partial charge on any atom is -0.384 e. The van der Waals surface area contributed by atoms with Gasteiger partial charge < -0.3 is 5.11 Å². The monoisotopic (exact) mass is 209 g/mol. The Morgan fingerprint density at radius 2 is 2.36 bits per heavy atom. The van der Waals surface area contributed by atoms with Crippen LogP contribution in [0.5, 0.6) is 0 Å². The molecule has 0 saturated carbocycles. The summed E-state index contributed by atoms with van der Waals surface area (Å²) >= 11 is 1.83. The van der Waals surface area contributed by atoms with Crippen molar-refractivity contribution in [1.29, 1.82) is 0 Å². The van der Waals surface area contributed by atoms with Crippen LogP contribution in [-0.2, 0) is 5.60 Å². The van der Waals surface area contributed by atoms with Gasteiger partial charge >= 0.3 is 0 Å². The van der Waals surface area contributed by atoms with E-state index in [1.165, 1.54) is 0 Å². The van der Waals surface area contributed by atoms with Crippen LogP contribution in [-0.4, -0.2) is 21.1 Å². The zero-order valence-electron chi connectivity index (χ0n) is 8.53. The summed E-state index contributed by atoms with van der Waals surface area (Å²) < 4.78 is 0. The number of nitrogens with zero attached hydrogens (tertiary/aromatic N) is 1. The van der Waals surface area contributed by atoms with E-state index < -0.39 is 5.60 Å². The van der Waals surface area contributed by atoms with Gasteiger partial charge in [-0.2, -0.15) is 11.8 Å². The van der Waals surface area contributed by atoms with Crippen LogP contribution in [0.25, 0.3) is 0 Å². The van der Waals surface area contributed by atoms with Gasteiger partial charge in [-0.3, -0.25) is 4.98 Å².